The van der Waals surface area contributed by atoms with Crippen LogP contribution < -0.4 is 16.4 Å². The molecule has 1 amide bonds. The van der Waals surface area contributed by atoms with Gasteiger partial charge in [-0.2, -0.15) is 4.39 Å². The number of piperidine rings is 1. The van der Waals surface area contributed by atoms with Crippen molar-refractivity contribution in [2.45, 2.75) is 18.5 Å². The first kappa shape index (κ1) is 18.0. The molecule has 136 valence electrons. The van der Waals surface area contributed by atoms with Gasteiger partial charge in [-0.1, -0.05) is 18.2 Å². The van der Waals surface area contributed by atoms with Gasteiger partial charge >= 0.3 is 0 Å². The fourth-order valence-corrected chi connectivity index (χ4v) is 3.10. The summed E-state index contributed by atoms with van der Waals surface area (Å²) in [5.41, 5.74) is 4.34. The Hall–Kier alpha value is -2.80. The van der Waals surface area contributed by atoms with Gasteiger partial charge in [0.2, 0.25) is 5.95 Å². The minimum Gasteiger partial charge on any atom is -0.366 e. The van der Waals surface area contributed by atoms with E-state index in [2.05, 4.69) is 10.6 Å². The normalized spacial score (nSPS) is 24.8. The molecule has 0 bridgehead atoms. The molecule has 1 aromatic carbocycles. The number of rotatable bonds is 4. The van der Waals surface area contributed by atoms with Crippen LogP contribution in [0.5, 0.6) is 0 Å². The maximum Gasteiger partial charge on any atom is 0.250 e. The lowest BCUT2D eigenvalue weighted by Gasteiger charge is -2.30. The number of benzene rings is 1. The lowest BCUT2D eigenvalue weighted by molar-refractivity contribution is -0.114. The van der Waals surface area contributed by atoms with Crippen LogP contribution in [0.1, 0.15) is 18.4 Å². The van der Waals surface area contributed by atoms with Gasteiger partial charge in [-0.3, -0.25) is 10.2 Å². The van der Waals surface area contributed by atoms with Crippen molar-refractivity contribution in [3.63, 3.8) is 0 Å². The molecule has 2 aliphatic rings. The molecular weight excluding hydrogens is 338 g/mol. The second kappa shape index (κ2) is 7.21. The maximum absolute atomic E-state index is 14.9. The molecule has 1 fully saturated rings. The van der Waals surface area contributed by atoms with E-state index in [0.717, 1.165) is 13.0 Å². The van der Waals surface area contributed by atoms with Gasteiger partial charge in [-0.05, 0) is 49.2 Å². The topological polar surface area (TPSA) is 91.0 Å². The monoisotopic (exact) mass is 358 g/mol. The van der Waals surface area contributed by atoms with E-state index in [1.54, 1.807) is 24.3 Å². The van der Waals surface area contributed by atoms with Crippen LogP contribution in [0.4, 0.5) is 14.5 Å². The van der Waals surface area contributed by atoms with Gasteiger partial charge in [-0.15, -0.1) is 0 Å². The van der Waals surface area contributed by atoms with E-state index in [1.807, 2.05) is 0 Å². The molecule has 26 heavy (non-hydrogen) atoms. The summed E-state index contributed by atoms with van der Waals surface area (Å²) >= 11 is 0. The smallest absolute Gasteiger partial charge is 0.250 e. The highest BCUT2D eigenvalue weighted by atomic mass is 19.1. The average Bonchev–Trinajstić information content (AvgIpc) is 2.62. The first-order chi connectivity index (χ1) is 12.4. The van der Waals surface area contributed by atoms with E-state index < -0.39 is 17.5 Å². The van der Waals surface area contributed by atoms with Crippen LogP contribution in [0, 0.1) is 5.41 Å². The summed E-state index contributed by atoms with van der Waals surface area (Å²) < 4.78 is 29.4. The highest BCUT2D eigenvalue weighted by Crippen LogP contribution is 2.33. The van der Waals surface area contributed by atoms with Gasteiger partial charge in [0.1, 0.15) is 5.67 Å². The quantitative estimate of drug-likeness (QED) is 0.624. The summed E-state index contributed by atoms with van der Waals surface area (Å²) in [5.74, 6) is -1.57. The van der Waals surface area contributed by atoms with Crippen LogP contribution in [-0.2, 0) is 10.5 Å². The van der Waals surface area contributed by atoms with Gasteiger partial charge in [0.25, 0.3) is 5.91 Å². The largest absolute Gasteiger partial charge is 0.366 e. The zero-order valence-electron chi connectivity index (χ0n) is 14.1. The highest BCUT2D eigenvalue weighted by molar-refractivity contribution is 6.28. The van der Waals surface area contributed by atoms with Crippen molar-refractivity contribution in [1.82, 2.24) is 5.32 Å². The Balaban J connectivity index is 1.77. The predicted octanol–water partition coefficient (Wildman–Crippen LogP) is 2.83. The van der Waals surface area contributed by atoms with Gasteiger partial charge in [-0.25, -0.2) is 4.39 Å². The fraction of sp³-hybridized carbons (Fsp3) is 0.263. The number of primary amides is 1. The van der Waals surface area contributed by atoms with Crippen molar-refractivity contribution in [3.8, 4) is 0 Å². The summed E-state index contributed by atoms with van der Waals surface area (Å²) in [6, 6.07) is 6.44. The number of alkyl halides is 1. The summed E-state index contributed by atoms with van der Waals surface area (Å²) in [5, 5.41) is 13.5. The Labute approximate surface area is 150 Å². The molecule has 0 aromatic heterocycles. The first-order valence-electron chi connectivity index (χ1n) is 8.35. The van der Waals surface area contributed by atoms with Gasteiger partial charge in [0, 0.05) is 12.2 Å². The number of hydrogen-bond donors (Lipinski definition) is 4. The number of amides is 1. The summed E-state index contributed by atoms with van der Waals surface area (Å²) in [6.45, 7) is 1.08. The molecule has 1 aliphatic carbocycles. The third kappa shape index (κ3) is 3.57. The molecule has 1 unspecified atom stereocenters. The lowest BCUT2D eigenvalue weighted by Crippen LogP contribution is -2.40. The molecule has 5 nitrogen and oxygen atoms in total. The minimum atomic E-state index is -1.41. The molecule has 0 spiro atoms. The molecule has 7 heteroatoms. The Morgan fingerprint density at radius 1 is 1.31 bits per heavy atom. The number of allylic oxidation sites excluding steroid dienone is 4. The Morgan fingerprint density at radius 3 is 2.65 bits per heavy atom. The van der Waals surface area contributed by atoms with Crippen molar-refractivity contribution in [3.05, 3.63) is 65.2 Å². The Kier molecular flexibility index (Phi) is 4.99. The Bertz CT molecular complexity index is 818. The Morgan fingerprint density at radius 2 is 2.04 bits per heavy atom. The standard InChI is InChI=1S/C19H20F2N4O/c20-17(14-3-1-4-15(16(14)22)18(23)26)25-13-7-5-12(6-8-13)19(21)9-2-10-24-11-19/h1,3-8,22,24-25H,2,9-11H2,(H2,23,26)/b17-14-,22-16?. The molecule has 0 radical (unpaired) electrons. The molecule has 3 rings (SSSR count). The molecule has 1 heterocycles. The zero-order chi connectivity index (χ0) is 18.7. The van der Waals surface area contributed by atoms with Crippen molar-refractivity contribution in [2.75, 3.05) is 18.4 Å². The molecular formula is C19H20F2N4O. The molecule has 0 saturated carbocycles. The predicted molar refractivity (Wildman–Crippen MR) is 97.2 cm³/mol. The van der Waals surface area contributed by atoms with E-state index >= 15 is 0 Å². The van der Waals surface area contributed by atoms with E-state index in [1.165, 1.54) is 18.2 Å². The number of carbonyl (C=O) groups is 1. The number of hydrogen-bond acceptors (Lipinski definition) is 4. The second-order valence-corrected chi connectivity index (χ2v) is 6.35. The van der Waals surface area contributed by atoms with Crippen molar-refractivity contribution in [1.29, 1.82) is 5.41 Å². The van der Waals surface area contributed by atoms with Crippen molar-refractivity contribution < 1.29 is 13.6 Å². The number of nitrogens with two attached hydrogens (primary N) is 1. The number of nitrogens with one attached hydrogen (secondary N) is 3. The molecule has 1 aromatic rings. The average molecular weight is 358 g/mol. The second-order valence-electron chi connectivity index (χ2n) is 6.35. The van der Waals surface area contributed by atoms with Crippen LogP contribution in [0.25, 0.3) is 0 Å². The minimum absolute atomic E-state index is 0.0565. The van der Waals surface area contributed by atoms with Gasteiger partial charge in [0.05, 0.1) is 16.9 Å². The maximum atomic E-state index is 14.9. The van der Waals surface area contributed by atoms with Crippen molar-refractivity contribution in [2.24, 2.45) is 5.73 Å². The van der Waals surface area contributed by atoms with Gasteiger partial charge in [0.15, 0.2) is 0 Å². The highest BCUT2D eigenvalue weighted by Gasteiger charge is 2.33. The van der Waals surface area contributed by atoms with Gasteiger partial charge < -0.3 is 16.4 Å². The first-order valence-corrected chi connectivity index (χ1v) is 8.35. The van der Waals surface area contributed by atoms with E-state index in [9.17, 15) is 13.6 Å². The number of halogens is 2. The van der Waals surface area contributed by atoms with Crippen LogP contribution in [-0.4, -0.2) is 24.7 Å². The summed E-state index contributed by atoms with van der Waals surface area (Å²) in [6.07, 6.45) is 5.43. The molecule has 1 saturated heterocycles. The third-order valence-corrected chi connectivity index (χ3v) is 4.55. The number of anilines is 1. The zero-order valence-corrected chi connectivity index (χ0v) is 14.1. The van der Waals surface area contributed by atoms with Crippen LogP contribution in [0.2, 0.25) is 0 Å². The van der Waals surface area contributed by atoms with Crippen LogP contribution in [0.15, 0.2) is 59.6 Å². The number of carbonyl (C=O) groups excluding carboxylic acids is 1. The lowest BCUT2D eigenvalue weighted by atomic mass is 9.88. The van der Waals surface area contributed by atoms with Crippen molar-refractivity contribution >= 4 is 17.3 Å². The molecule has 1 atom stereocenters. The van der Waals surface area contributed by atoms with E-state index in [4.69, 9.17) is 11.1 Å². The summed E-state index contributed by atoms with van der Waals surface area (Å²) in [4.78, 5) is 11.3. The van der Waals surface area contributed by atoms with Crippen LogP contribution >= 0.6 is 0 Å². The summed E-state index contributed by atoms with van der Waals surface area (Å²) in [7, 11) is 0. The van der Waals surface area contributed by atoms with E-state index in [0.29, 0.717) is 17.7 Å². The molecule has 1 aliphatic heterocycles. The SMILES string of the molecule is N=C1C(C(N)=O)=CC=C/C1=C(\F)Nc1ccc(C2(F)CCCNC2)cc1. The van der Waals surface area contributed by atoms with E-state index in [-0.39, 0.29) is 23.4 Å². The molecule has 5 N–H and O–H groups in total. The van der Waals surface area contributed by atoms with Crippen LogP contribution in [0.3, 0.4) is 0 Å². The third-order valence-electron chi connectivity index (χ3n) is 4.55. The fourth-order valence-electron chi connectivity index (χ4n) is 3.10.